The molecule has 0 radical (unpaired) electrons. The van der Waals surface area contributed by atoms with Crippen LogP contribution in [0.25, 0.3) is 0 Å². The summed E-state index contributed by atoms with van der Waals surface area (Å²) in [4.78, 5) is 0. The fourth-order valence-corrected chi connectivity index (χ4v) is 24.1. The second kappa shape index (κ2) is 7.90. The Morgan fingerprint density at radius 2 is 1.35 bits per heavy atom. The number of hydrogen-bond donors (Lipinski definition) is 0. The summed E-state index contributed by atoms with van der Waals surface area (Å²) in [6.45, 7) is 9.90. The Balaban J connectivity index is 2.33. The fourth-order valence-electron chi connectivity index (χ4n) is 3.55. The van der Waals surface area contributed by atoms with Gasteiger partial charge in [-0.3, -0.25) is 0 Å². The molecule has 0 saturated heterocycles. The monoisotopic (exact) mass is 363 g/mol. The third kappa shape index (κ3) is 3.63. The second-order valence-electron chi connectivity index (χ2n) is 6.29. The number of rotatable bonds is 7. The van der Waals surface area contributed by atoms with Crippen LogP contribution in [0.2, 0.25) is 13.1 Å². The molecule has 109 valence electrons. The second-order valence-corrected chi connectivity index (χ2v) is 25.5. The van der Waals surface area contributed by atoms with Crippen molar-refractivity contribution in [2.75, 3.05) is 0 Å². The van der Waals surface area contributed by atoms with Gasteiger partial charge in [-0.25, -0.2) is 0 Å². The molecular formula is C18H29SiZr. The van der Waals surface area contributed by atoms with Crippen LogP contribution in [-0.2, 0) is 20.9 Å². The van der Waals surface area contributed by atoms with E-state index >= 15 is 0 Å². The van der Waals surface area contributed by atoms with Crippen molar-refractivity contribution in [3.63, 3.8) is 0 Å². The Labute approximate surface area is 134 Å². The Bertz CT molecular complexity index is 426. The predicted molar refractivity (Wildman–Crippen MR) is 90.3 cm³/mol. The molecule has 0 heterocycles. The van der Waals surface area contributed by atoms with Crippen LogP contribution in [0.15, 0.2) is 42.0 Å². The molecule has 0 spiro atoms. The van der Waals surface area contributed by atoms with E-state index < -0.39 is 26.8 Å². The quantitative estimate of drug-likeness (QED) is 0.515. The van der Waals surface area contributed by atoms with Gasteiger partial charge in [0.15, 0.2) is 0 Å². The summed E-state index contributed by atoms with van der Waals surface area (Å²) in [5, 5.41) is 0. The van der Waals surface area contributed by atoms with Crippen molar-refractivity contribution >= 4 is 5.92 Å². The van der Waals surface area contributed by atoms with Crippen molar-refractivity contribution in [3.05, 3.63) is 42.0 Å². The molecule has 0 aromatic rings. The zero-order valence-corrected chi connectivity index (χ0v) is 17.2. The maximum atomic E-state index is 2.62. The molecule has 2 aliphatic rings. The van der Waals surface area contributed by atoms with Gasteiger partial charge in [0, 0.05) is 0 Å². The summed E-state index contributed by atoms with van der Waals surface area (Å²) < 4.78 is 3.95. The van der Waals surface area contributed by atoms with E-state index in [4.69, 9.17) is 0 Å². The summed E-state index contributed by atoms with van der Waals surface area (Å²) >= 11 is -1.49. The van der Waals surface area contributed by atoms with Gasteiger partial charge in [-0.05, 0) is 0 Å². The van der Waals surface area contributed by atoms with Crippen molar-refractivity contribution < 1.29 is 20.9 Å². The van der Waals surface area contributed by atoms with Crippen LogP contribution in [0.4, 0.5) is 0 Å². The Morgan fingerprint density at radius 3 is 1.70 bits per heavy atom. The number of allylic oxidation sites excluding steroid dienone is 8. The molecule has 0 saturated carbocycles. The summed E-state index contributed by atoms with van der Waals surface area (Å²) in [6, 6.07) is 0. The molecule has 0 unspecified atom stereocenters. The van der Waals surface area contributed by atoms with E-state index in [2.05, 4.69) is 51.2 Å². The van der Waals surface area contributed by atoms with Gasteiger partial charge in [0.25, 0.3) is 0 Å². The van der Waals surface area contributed by atoms with Crippen LogP contribution in [-0.4, -0.2) is 5.92 Å². The van der Waals surface area contributed by atoms with E-state index in [0.29, 0.717) is 0 Å². The molecule has 2 rings (SSSR count). The minimum absolute atomic E-state index is 0.518. The van der Waals surface area contributed by atoms with E-state index in [-0.39, 0.29) is 0 Å². The first kappa shape index (κ1) is 16.4. The minimum atomic E-state index is -1.49. The normalized spacial score (nSPS) is 18.1. The molecule has 0 fully saturated rings. The molecule has 0 nitrogen and oxygen atoms in total. The molecule has 0 aromatic heterocycles. The van der Waals surface area contributed by atoms with Crippen LogP contribution < -0.4 is 0 Å². The summed E-state index contributed by atoms with van der Waals surface area (Å²) in [7, 11) is 0. The van der Waals surface area contributed by atoms with Crippen molar-refractivity contribution in [1.29, 1.82) is 0 Å². The van der Waals surface area contributed by atoms with Crippen LogP contribution in [0.1, 0.15) is 52.4 Å². The summed E-state index contributed by atoms with van der Waals surface area (Å²) in [5.41, 5.74) is 3.50. The van der Waals surface area contributed by atoms with Crippen molar-refractivity contribution in [3.8, 4) is 0 Å². The molecule has 0 bridgehead atoms. The third-order valence-corrected chi connectivity index (χ3v) is 23.9. The summed E-state index contributed by atoms with van der Waals surface area (Å²) in [5.74, 6) is -0.518. The van der Waals surface area contributed by atoms with E-state index in [1.165, 1.54) is 38.5 Å². The first-order chi connectivity index (χ1) is 9.69. The zero-order chi connectivity index (χ0) is 14.5. The van der Waals surface area contributed by atoms with Gasteiger partial charge in [-0.15, -0.1) is 0 Å². The molecule has 0 atom stereocenters. The average Bonchev–Trinajstić information content (AvgIpc) is 3.02. The molecule has 2 heteroatoms. The molecule has 0 aliphatic heterocycles. The van der Waals surface area contributed by atoms with Crippen LogP contribution >= 0.6 is 0 Å². The zero-order valence-electron chi connectivity index (χ0n) is 13.6. The molecule has 2 aliphatic carbocycles. The first-order valence-electron chi connectivity index (χ1n) is 8.33. The molecule has 0 amide bonds. The van der Waals surface area contributed by atoms with Gasteiger partial charge in [0.2, 0.25) is 0 Å². The van der Waals surface area contributed by atoms with Crippen molar-refractivity contribution in [2.24, 2.45) is 0 Å². The third-order valence-electron chi connectivity index (χ3n) is 4.32. The standard InChI is InChI=1S/2C8H11.C2H7Si.Zr/c2*1-2-5-8-6-3-4-7-8;1-3-2;/h2*3,6H,2,4-5H2,1H3;3H,1-2H3;. The molecular weight excluding hydrogens is 336 g/mol. The van der Waals surface area contributed by atoms with Gasteiger partial charge < -0.3 is 0 Å². The van der Waals surface area contributed by atoms with Crippen LogP contribution in [0.5, 0.6) is 0 Å². The van der Waals surface area contributed by atoms with E-state index in [9.17, 15) is 0 Å². The predicted octanol–water partition coefficient (Wildman–Crippen LogP) is 5.62. The van der Waals surface area contributed by atoms with E-state index in [0.717, 1.165) is 0 Å². The van der Waals surface area contributed by atoms with Crippen molar-refractivity contribution in [2.45, 2.75) is 65.5 Å². The molecule has 0 N–H and O–H groups in total. The van der Waals surface area contributed by atoms with Gasteiger partial charge in [-0.2, -0.15) is 0 Å². The van der Waals surface area contributed by atoms with E-state index in [1.807, 2.05) is 6.56 Å². The first-order valence-corrected chi connectivity index (χ1v) is 17.9. The van der Waals surface area contributed by atoms with Crippen LogP contribution in [0.3, 0.4) is 0 Å². The molecule has 0 aromatic carbocycles. The van der Waals surface area contributed by atoms with E-state index in [1.54, 1.807) is 11.1 Å². The Morgan fingerprint density at radius 1 is 0.900 bits per heavy atom. The average molecular weight is 365 g/mol. The molecule has 20 heavy (non-hydrogen) atoms. The van der Waals surface area contributed by atoms with Crippen molar-refractivity contribution in [1.82, 2.24) is 0 Å². The van der Waals surface area contributed by atoms with Gasteiger partial charge in [-0.1, -0.05) is 0 Å². The van der Waals surface area contributed by atoms with Gasteiger partial charge in [0.05, 0.1) is 0 Å². The van der Waals surface area contributed by atoms with Crippen LogP contribution in [0, 0.1) is 0 Å². The fraction of sp³-hybridized carbons (Fsp3) is 0.556. The Hall–Kier alpha value is 0.0600. The van der Waals surface area contributed by atoms with Gasteiger partial charge >= 0.3 is 134 Å². The van der Waals surface area contributed by atoms with Gasteiger partial charge in [0.1, 0.15) is 0 Å². The Kier molecular flexibility index (Phi) is 6.49. The SMILES string of the molecule is CCCC1=[C]([Zr]([C]2=C(CCC)C=CC2)[SiH](C)C)CC=C1. The maximum absolute atomic E-state index is 2.62. The topological polar surface area (TPSA) is 0 Å². The number of hydrogen-bond acceptors (Lipinski definition) is 0. The summed E-state index contributed by atoms with van der Waals surface area (Å²) in [6.07, 6.45) is 17.7.